The third kappa shape index (κ3) is 5.77. The summed E-state index contributed by atoms with van der Waals surface area (Å²) < 4.78 is 11.2. The Labute approximate surface area is 44.3 Å². The minimum atomic E-state index is -0.489. The van der Waals surface area contributed by atoms with Crippen LogP contribution < -0.4 is 0 Å². The summed E-state index contributed by atoms with van der Waals surface area (Å²) in [5.74, 6) is 0. The second-order valence-electron chi connectivity index (χ2n) is 1.01. The summed E-state index contributed by atoms with van der Waals surface area (Å²) >= 11 is 0. The summed E-state index contributed by atoms with van der Waals surface area (Å²) in [6.07, 6.45) is 2.68. The summed E-state index contributed by atoms with van der Waals surface area (Å²) in [7, 11) is 2.14. The Balaban J connectivity index is 3.26. The molecule has 0 fully saturated rings. The predicted molar refractivity (Wildman–Crippen MR) is 32.6 cm³/mol. The quantitative estimate of drug-likeness (QED) is 0.419. The molecule has 7 heavy (non-hydrogen) atoms. The SMILES string of the molecule is N=C(P)C=CCF. The van der Waals surface area contributed by atoms with Gasteiger partial charge in [0.1, 0.15) is 6.67 Å². The van der Waals surface area contributed by atoms with E-state index in [1.54, 1.807) is 0 Å². The molecule has 0 amide bonds. The number of hydrogen-bond donors (Lipinski definition) is 1. The fourth-order valence-electron chi connectivity index (χ4n) is 0.172. The highest BCUT2D eigenvalue weighted by molar-refractivity contribution is 7.41. The van der Waals surface area contributed by atoms with Crippen LogP contribution in [-0.2, 0) is 0 Å². The summed E-state index contributed by atoms with van der Waals surface area (Å²) in [5, 5.41) is 6.71. The predicted octanol–water partition coefficient (Wildman–Crippen LogP) is 1.36. The molecule has 0 aromatic heterocycles. The van der Waals surface area contributed by atoms with Crippen molar-refractivity contribution in [2.24, 2.45) is 0 Å². The van der Waals surface area contributed by atoms with Gasteiger partial charge in [0, 0.05) is 5.45 Å². The van der Waals surface area contributed by atoms with Crippen molar-refractivity contribution < 1.29 is 4.39 Å². The topological polar surface area (TPSA) is 23.9 Å². The third-order valence-electron chi connectivity index (χ3n) is 0.386. The maximum Gasteiger partial charge on any atom is 0.108 e. The molecule has 0 spiro atoms. The van der Waals surface area contributed by atoms with Gasteiger partial charge in [-0.3, -0.25) is 0 Å². The maximum atomic E-state index is 11.2. The second-order valence-corrected chi connectivity index (χ2v) is 1.63. The Hall–Kier alpha value is -0.230. The molecule has 40 valence electrons. The van der Waals surface area contributed by atoms with Gasteiger partial charge in [0.25, 0.3) is 0 Å². The van der Waals surface area contributed by atoms with Crippen LogP contribution in [0.2, 0.25) is 0 Å². The van der Waals surface area contributed by atoms with E-state index in [1.165, 1.54) is 12.2 Å². The zero-order valence-corrected chi connectivity index (χ0v) is 4.97. The summed E-state index contributed by atoms with van der Waals surface area (Å²) in [6.45, 7) is -0.489. The Morgan fingerprint density at radius 3 is 2.57 bits per heavy atom. The molecule has 0 aromatic rings. The van der Waals surface area contributed by atoms with Gasteiger partial charge in [-0.15, -0.1) is 0 Å². The van der Waals surface area contributed by atoms with E-state index < -0.39 is 6.67 Å². The number of nitrogens with one attached hydrogen (secondary N) is 1. The molecule has 0 saturated carbocycles. The molecule has 0 heterocycles. The molecule has 0 aliphatic heterocycles. The van der Waals surface area contributed by atoms with E-state index in [1.807, 2.05) is 0 Å². The van der Waals surface area contributed by atoms with Gasteiger partial charge in [-0.1, -0.05) is 15.3 Å². The lowest BCUT2D eigenvalue weighted by molar-refractivity contribution is 0.562. The van der Waals surface area contributed by atoms with Crippen LogP contribution in [0.5, 0.6) is 0 Å². The van der Waals surface area contributed by atoms with Crippen LogP contribution in [0.4, 0.5) is 4.39 Å². The van der Waals surface area contributed by atoms with Gasteiger partial charge >= 0.3 is 0 Å². The lowest BCUT2D eigenvalue weighted by Gasteiger charge is -1.76. The molecular weight excluding hydrogens is 112 g/mol. The van der Waals surface area contributed by atoms with Gasteiger partial charge < -0.3 is 5.41 Å². The van der Waals surface area contributed by atoms with Crippen molar-refractivity contribution in [3.8, 4) is 0 Å². The van der Waals surface area contributed by atoms with Crippen molar-refractivity contribution in [1.29, 1.82) is 5.41 Å². The van der Waals surface area contributed by atoms with Crippen molar-refractivity contribution in [2.45, 2.75) is 0 Å². The lowest BCUT2D eigenvalue weighted by atomic mass is 10.5. The van der Waals surface area contributed by atoms with Crippen molar-refractivity contribution in [2.75, 3.05) is 6.67 Å². The fourth-order valence-corrected chi connectivity index (χ4v) is 0.308. The third-order valence-corrected chi connectivity index (χ3v) is 0.579. The van der Waals surface area contributed by atoms with Crippen LogP contribution in [0.25, 0.3) is 0 Å². The highest BCUT2D eigenvalue weighted by Gasteiger charge is 1.72. The molecule has 1 unspecified atom stereocenters. The molecule has 0 rings (SSSR count). The van der Waals surface area contributed by atoms with E-state index in [0.717, 1.165) is 0 Å². The van der Waals surface area contributed by atoms with E-state index >= 15 is 0 Å². The molecule has 3 heteroatoms. The molecular formula is C4H7FNP. The Morgan fingerprint density at radius 2 is 2.43 bits per heavy atom. The van der Waals surface area contributed by atoms with Gasteiger partial charge in [0.2, 0.25) is 0 Å². The maximum absolute atomic E-state index is 11.2. The molecule has 0 aliphatic rings. The highest BCUT2D eigenvalue weighted by Crippen LogP contribution is 1.86. The smallest absolute Gasteiger partial charge is 0.108 e. The molecule has 1 nitrogen and oxygen atoms in total. The van der Waals surface area contributed by atoms with Crippen LogP contribution in [0.15, 0.2) is 12.2 Å². The average Bonchev–Trinajstić information content (AvgIpc) is 1.61. The first-order chi connectivity index (χ1) is 3.27. The summed E-state index contributed by atoms with van der Waals surface area (Å²) in [4.78, 5) is 0. The van der Waals surface area contributed by atoms with Crippen molar-refractivity contribution >= 4 is 14.7 Å². The molecule has 0 aromatic carbocycles. The second kappa shape index (κ2) is 3.94. The number of halogens is 1. The van der Waals surface area contributed by atoms with Gasteiger partial charge in [-0.05, 0) is 6.08 Å². The minimum absolute atomic E-state index is 0.303. The summed E-state index contributed by atoms with van der Waals surface area (Å²) in [5.41, 5.74) is 0.303. The molecule has 0 aliphatic carbocycles. The fraction of sp³-hybridized carbons (Fsp3) is 0.250. The van der Waals surface area contributed by atoms with Crippen LogP contribution >= 0.6 is 9.24 Å². The van der Waals surface area contributed by atoms with Crippen LogP contribution in [0.3, 0.4) is 0 Å². The molecule has 0 radical (unpaired) electrons. The van der Waals surface area contributed by atoms with Gasteiger partial charge in [0.15, 0.2) is 0 Å². The first-order valence-corrected chi connectivity index (χ1v) is 2.41. The van der Waals surface area contributed by atoms with Gasteiger partial charge in [0.05, 0.1) is 0 Å². The molecule has 0 saturated heterocycles. The Morgan fingerprint density at radius 1 is 1.86 bits per heavy atom. The first-order valence-electron chi connectivity index (χ1n) is 1.84. The van der Waals surface area contributed by atoms with Crippen molar-refractivity contribution in [3.05, 3.63) is 12.2 Å². The number of alkyl halides is 1. The molecule has 1 N–H and O–H groups in total. The van der Waals surface area contributed by atoms with E-state index in [0.29, 0.717) is 5.45 Å². The number of hydrogen-bond acceptors (Lipinski definition) is 1. The molecule has 1 atom stereocenters. The van der Waals surface area contributed by atoms with Crippen molar-refractivity contribution in [3.63, 3.8) is 0 Å². The molecule has 0 bridgehead atoms. The number of rotatable bonds is 2. The minimum Gasteiger partial charge on any atom is -0.301 e. The van der Waals surface area contributed by atoms with E-state index in [4.69, 9.17) is 5.41 Å². The average molecular weight is 119 g/mol. The van der Waals surface area contributed by atoms with E-state index in [9.17, 15) is 4.39 Å². The monoisotopic (exact) mass is 119 g/mol. The zero-order valence-electron chi connectivity index (χ0n) is 3.82. The highest BCUT2D eigenvalue weighted by atomic mass is 31.0. The Kier molecular flexibility index (Phi) is 3.81. The van der Waals surface area contributed by atoms with Crippen LogP contribution in [-0.4, -0.2) is 12.1 Å². The van der Waals surface area contributed by atoms with Crippen LogP contribution in [0, 0.1) is 5.41 Å². The van der Waals surface area contributed by atoms with E-state index in [-0.39, 0.29) is 0 Å². The van der Waals surface area contributed by atoms with E-state index in [2.05, 4.69) is 9.24 Å². The zero-order chi connectivity index (χ0) is 5.70. The standard InChI is InChI=1S/C4H7FNP/c5-3-1-2-4(6)7/h1-2,6H,3,7H2. The normalized spacial score (nSPS) is 10.0. The van der Waals surface area contributed by atoms with Gasteiger partial charge in [-0.2, -0.15) is 0 Å². The lowest BCUT2D eigenvalue weighted by Crippen LogP contribution is -1.71. The number of allylic oxidation sites excluding steroid dienone is 2. The largest absolute Gasteiger partial charge is 0.301 e. The Bertz CT molecular complexity index is 89.7. The van der Waals surface area contributed by atoms with Crippen LogP contribution in [0.1, 0.15) is 0 Å². The first kappa shape index (κ1) is 6.77. The van der Waals surface area contributed by atoms with Crippen molar-refractivity contribution in [1.82, 2.24) is 0 Å². The van der Waals surface area contributed by atoms with Gasteiger partial charge in [-0.25, -0.2) is 4.39 Å². The summed E-state index contributed by atoms with van der Waals surface area (Å²) in [6, 6.07) is 0.